The van der Waals surface area contributed by atoms with Gasteiger partial charge >= 0.3 is 0 Å². The number of hydrogen-bond donors (Lipinski definition) is 2. The second kappa shape index (κ2) is 7.40. The lowest BCUT2D eigenvalue weighted by Gasteiger charge is -2.08. The summed E-state index contributed by atoms with van der Waals surface area (Å²) in [5.41, 5.74) is 2.83. The minimum atomic E-state index is -0.348. The molecular formula is C21H18N4O3. The molecule has 0 radical (unpaired) electrons. The maximum atomic E-state index is 12.6. The van der Waals surface area contributed by atoms with Crippen molar-refractivity contribution >= 4 is 34.5 Å². The molecule has 2 N–H and O–H groups in total. The van der Waals surface area contributed by atoms with Crippen molar-refractivity contribution in [2.24, 2.45) is 0 Å². The molecule has 7 nitrogen and oxygen atoms in total. The van der Waals surface area contributed by atoms with Gasteiger partial charge in [-0.05, 0) is 55.5 Å². The van der Waals surface area contributed by atoms with Gasteiger partial charge < -0.3 is 14.3 Å². The van der Waals surface area contributed by atoms with Crippen LogP contribution in [-0.4, -0.2) is 21.4 Å². The number of carbonyl (C=O) groups is 2. The molecule has 2 aromatic heterocycles. The van der Waals surface area contributed by atoms with E-state index in [1.807, 2.05) is 35.8 Å². The van der Waals surface area contributed by atoms with Crippen molar-refractivity contribution < 1.29 is 14.0 Å². The Kier molecular flexibility index (Phi) is 4.63. The lowest BCUT2D eigenvalue weighted by atomic mass is 10.2. The summed E-state index contributed by atoms with van der Waals surface area (Å²) < 4.78 is 7.01. The van der Waals surface area contributed by atoms with Crippen molar-refractivity contribution in [3.8, 4) is 0 Å². The standard InChI is InChI=1S/C21H18N4O3/c1-2-25-17-7-4-3-6-16(17)23-21(25)24-19(26)14-9-11-15(12-10-14)22-20(27)18-8-5-13-28-18/h3-13H,2H2,1H3,(H,22,27)(H,23,24,26). The summed E-state index contributed by atoms with van der Waals surface area (Å²) in [7, 11) is 0. The van der Waals surface area contributed by atoms with Crippen LogP contribution in [0.3, 0.4) is 0 Å². The smallest absolute Gasteiger partial charge is 0.291 e. The van der Waals surface area contributed by atoms with E-state index < -0.39 is 0 Å². The SMILES string of the molecule is CCn1c(NC(=O)c2ccc(NC(=O)c3ccco3)cc2)nc2ccccc21. The monoisotopic (exact) mass is 374 g/mol. The van der Waals surface area contributed by atoms with Crippen LogP contribution in [0, 0.1) is 0 Å². The number of amides is 2. The molecule has 0 unspecified atom stereocenters. The van der Waals surface area contributed by atoms with E-state index in [9.17, 15) is 9.59 Å². The molecule has 0 aliphatic carbocycles. The van der Waals surface area contributed by atoms with E-state index in [1.165, 1.54) is 6.26 Å². The summed E-state index contributed by atoms with van der Waals surface area (Å²) in [6, 6.07) is 17.6. The zero-order valence-electron chi connectivity index (χ0n) is 15.2. The van der Waals surface area contributed by atoms with Gasteiger partial charge in [0.25, 0.3) is 11.8 Å². The Morgan fingerprint density at radius 3 is 2.46 bits per heavy atom. The van der Waals surface area contributed by atoms with Crippen LogP contribution in [0.5, 0.6) is 0 Å². The van der Waals surface area contributed by atoms with E-state index in [1.54, 1.807) is 36.4 Å². The van der Waals surface area contributed by atoms with Crippen LogP contribution in [0.4, 0.5) is 11.6 Å². The Balaban J connectivity index is 1.49. The van der Waals surface area contributed by atoms with E-state index in [4.69, 9.17) is 4.42 Å². The highest BCUT2D eigenvalue weighted by molar-refractivity contribution is 6.05. The molecule has 0 spiro atoms. The van der Waals surface area contributed by atoms with Crippen LogP contribution >= 0.6 is 0 Å². The quantitative estimate of drug-likeness (QED) is 0.549. The number of imidazole rings is 1. The van der Waals surface area contributed by atoms with Gasteiger partial charge in [0.15, 0.2) is 5.76 Å². The molecule has 7 heteroatoms. The number of carbonyl (C=O) groups excluding carboxylic acids is 2. The number of benzene rings is 2. The first-order chi connectivity index (χ1) is 13.7. The highest BCUT2D eigenvalue weighted by Crippen LogP contribution is 2.20. The minimum Gasteiger partial charge on any atom is -0.459 e. The summed E-state index contributed by atoms with van der Waals surface area (Å²) in [5, 5.41) is 5.58. The van der Waals surface area contributed by atoms with Crippen molar-refractivity contribution in [1.29, 1.82) is 0 Å². The zero-order chi connectivity index (χ0) is 19.5. The lowest BCUT2D eigenvalue weighted by molar-refractivity contribution is 0.0995. The van der Waals surface area contributed by atoms with Crippen molar-refractivity contribution in [2.75, 3.05) is 10.6 Å². The molecule has 0 saturated heterocycles. The highest BCUT2D eigenvalue weighted by Gasteiger charge is 2.14. The lowest BCUT2D eigenvalue weighted by Crippen LogP contribution is -2.16. The molecule has 2 amide bonds. The third kappa shape index (κ3) is 3.37. The predicted octanol–water partition coefficient (Wildman–Crippen LogP) is 4.15. The predicted molar refractivity (Wildman–Crippen MR) is 106 cm³/mol. The molecule has 2 aromatic carbocycles. The first kappa shape index (κ1) is 17.5. The number of aryl methyl sites for hydroxylation is 1. The summed E-state index contributed by atoms with van der Waals surface area (Å²) >= 11 is 0. The van der Waals surface area contributed by atoms with Gasteiger partial charge in [0, 0.05) is 17.8 Å². The number of hydrogen-bond acceptors (Lipinski definition) is 4. The number of aromatic nitrogens is 2. The van der Waals surface area contributed by atoms with Crippen LogP contribution in [0.15, 0.2) is 71.3 Å². The highest BCUT2D eigenvalue weighted by atomic mass is 16.3. The number of para-hydroxylation sites is 2. The Morgan fingerprint density at radius 1 is 0.964 bits per heavy atom. The Morgan fingerprint density at radius 2 is 1.75 bits per heavy atom. The second-order valence-corrected chi connectivity index (χ2v) is 6.13. The Bertz CT molecular complexity index is 1130. The maximum absolute atomic E-state index is 12.6. The van der Waals surface area contributed by atoms with Crippen LogP contribution in [0.1, 0.15) is 27.8 Å². The van der Waals surface area contributed by atoms with Gasteiger partial charge in [-0.2, -0.15) is 0 Å². The van der Waals surface area contributed by atoms with Gasteiger partial charge in [-0.3, -0.25) is 14.9 Å². The first-order valence-electron chi connectivity index (χ1n) is 8.87. The van der Waals surface area contributed by atoms with Gasteiger partial charge in [-0.15, -0.1) is 0 Å². The summed E-state index contributed by atoms with van der Waals surface area (Å²) in [6.07, 6.45) is 1.44. The van der Waals surface area contributed by atoms with Crippen molar-refractivity contribution in [2.45, 2.75) is 13.5 Å². The van der Waals surface area contributed by atoms with Crippen LogP contribution in [0.25, 0.3) is 11.0 Å². The number of rotatable bonds is 5. The number of anilines is 2. The fraction of sp³-hybridized carbons (Fsp3) is 0.0952. The van der Waals surface area contributed by atoms with Gasteiger partial charge in [-0.1, -0.05) is 12.1 Å². The molecule has 0 atom stereocenters. The largest absolute Gasteiger partial charge is 0.459 e. The zero-order valence-corrected chi connectivity index (χ0v) is 15.2. The molecule has 0 bridgehead atoms. The summed E-state index contributed by atoms with van der Waals surface area (Å²) in [6.45, 7) is 2.69. The normalized spacial score (nSPS) is 10.8. The molecule has 0 saturated carbocycles. The summed E-state index contributed by atoms with van der Waals surface area (Å²) in [5.74, 6) is 0.108. The van der Waals surface area contributed by atoms with Crippen LogP contribution in [0.2, 0.25) is 0 Å². The third-order valence-electron chi connectivity index (χ3n) is 4.35. The number of nitrogens with one attached hydrogen (secondary N) is 2. The number of furan rings is 1. The second-order valence-electron chi connectivity index (χ2n) is 6.13. The van der Waals surface area contributed by atoms with Gasteiger partial charge in [0.2, 0.25) is 5.95 Å². The average Bonchev–Trinajstić information content (AvgIpc) is 3.36. The molecule has 140 valence electrons. The molecule has 28 heavy (non-hydrogen) atoms. The molecule has 0 aliphatic rings. The molecule has 4 aromatic rings. The van der Waals surface area contributed by atoms with E-state index in [-0.39, 0.29) is 17.6 Å². The van der Waals surface area contributed by atoms with Crippen molar-refractivity contribution in [3.05, 3.63) is 78.3 Å². The first-order valence-corrected chi connectivity index (χ1v) is 8.87. The third-order valence-corrected chi connectivity index (χ3v) is 4.35. The number of nitrogens with zero attached hydrogens (tertiary/aromatic N) is 2. The van der Waals surface area contributed by atoms with E-state index in [0.29, 0.717) is 23.7 Å². The molecule has 0 fully saturated rings. The molecule has 4 rings (SSSR count). The number of fused-ring (bicyclic) bond motifs is 1. The van der Waals surface area contributed by atoms with Gasteiger partial charge in [-0.25, -0.2) is 4.98 Å². The van der Waals surface area contributed by atoms with Crippen molar-refractivity contribution in [1.82, 2.24) is 9.55 Å². The average molecular weight is 374 g/mol. The van der Waals surface area contributed by atoms with Crippen LogP contribution < -0.4 is 10.6 Å². The van der Waals surface area contributed by atoms with E-state index in [0.717, 1.165) is 11.0 Å². The van der Waals surface area contributed by atoms with Gasteiger partial charge in [0.1, 0.15) is 0 Å². The maximum Gasteiger partial charge on any atom is 0.291 e. The fourth-order valence-electron chi connectivity index (χ4n) is 2.97. The minimum absolute atomic E-state index is 0.222. The van der Waals surface area contributed by atoms with Crippen molar-refractivity contribution in [3.63, 3.8) is 0 Å². The topological polar surface area (TPSA) is 89.2 Å². The van der Waals surface area contributed by atoms with E-state index in [2.05, 4.69) is 15.6 Å². The molecule has 2 heterocycles. The van der Waals surface area contributed by atoms with Gasteiger partial charge in [0.05, 0.1) is 17.3 Å². The van der Waals surface area contributed by atoms with E-state index >= 15 is 0 Å². The van der Waals surface area contributed by atoms with Crippen LogP contribution in [-0.2, 0) is 6.54 Å². The summed E-state index contributed by atoms with van der Waals surface area (Å²) in [4.78, 5) is 29.1. The Hall–Kier alpha value is -3.87. The Labute approximate surface area is 161 Å². The fourth-order valence-corrected chi connectivity index (χ4v) is 2.97. The molecular weight excluding hydrogens is 356 g/mol. The molecule has 0 aliphatic heterocycles.